The van der Waals surface area contributed by atoms with E-state index in [0.29, 0.717) is 0 Å². The second kappa shape index (κ2) is 8.62. The van der Waals surface area contributed by atoms with Gasteiger partial charge in [-0.1, -0.05) is 24.3 Å². The molecule has 2 aliphatic rings. The number of carbonyl (C=O) groups excluding carboxylic acids is 2. The molecule has 2 aromatic carbocycles. The molecule has 2 amide bonds. The smallest absolute Gasteiger partial charge is 0.350 e. The van der Waals surface area contributed by atoms with Crippen molar-refractivity contribution in [3.8, 4) is 5.69 Å². The number of anilines is 1. The van der Waals surface area contributed by atoms with Crippen molar-refractivity contribution >= 4 is 17.5 Å². The van der Waals surface area contributed by atoms with Gasteiger partial charge in [-0.25, -0.2) is 4.68 Å². The van der Waals surface area contributed by atoms with Gasteiger partial charge in [0.1, 0.15) is 0 Å². The molecule has 0 bridgehead atoms. The van der Waals surface area contributed by atoms with E-state index in [1.807, 2.05) is 35.0 Å². The highest BCUT2D eigenvalue weighted by atomic mass is 19.4. The first kappa shape index (κ1) is 22.2. The first-order valence-corrected chi connectivity index (χ1v) is 11.2. The summed E-state index contributed by atoms with van der Waals surface area (Å²) in [6, 6.07) is 14.4. The number of para-hydroxylation sites is 1. The third-order valence-electron chi connectivity index (χ3n) is 6.43. The van der Waals surface area contributed by atoms with Crippen LogP contribution in [-0.2, 0) is 35.2 Å². The van der Waals surface area contributed by atoms with E-state index in [4.69, 9.17) is 5.10 Å². The first-order chi connectivity index (χ1) is 16.3. The lowest BCUT2D eigenvalue weighted by Crippen LogP contribution is -2.33. The number of aromatic nitrogens is 2. The molecule has 1 aliphatic heterocycles. The van der Waals surface area contributed by atoms with Crippen LogP contribution >= 0.6 is 0 Å². The fourth-order valence-electron chi connectivity index (χ4n) is 4.74. The van der Waals surface area contributed by atoms with Gasteiger partial charge in [-0.2, -0.15) is 18.3 Å². The van der Waals surface area contributed by atoms with Gasteiger partial charge in [0, 0.05) is 24.3 Å². The second-order valence-corrected chi connectivity index (χ2v) is 8.64. The van der Waals surface area contributed by atoms with Gasteiger partial charge < -0.3 is 10.2 Å². The van der Waals surface area contributed by atoms with Gasteiger partial charge in [0.25, 0.3) is 0 Å². The van der Waals surface area contributed by atoms with Crippen LogP contribution in [0.5, 0.6) is 0 Å². The number of amides is 2. The van der Waals surface area contributed by atoms with E-state index < -0.39 is 17.7 Å². The Balaban J connectivity index is 1.27. The first-order valence-electron chi connectivity index (χ1n) is 11.2. The largest absolute Gasteiger partial charge is 0.416 e. The number of carbonyl (C=O) groups is 2. The standard InChI is InChI=1S/C25H23F3N4O2/c26-25(27,28)17-6-4-9-19(13-17)31-15-16(12-23(31)33)24(34)29-14-21-20-10-5-11-22(20)32(30-21)18-7-2-1-3-8-18/h1-4,6-9,13,16H,5,10-12,14-15H2,(H,29,34). The van der Waals surface area contributed by atoms with Crippen molar-refractivity contribution in [3.63, 3.8) is 0 Å². The van der Waals surface area contributed by atoms with Crippen molar-refractivity contribution in [1.29, 1.82) is 0 Å². The van der Waals surface area contributed by atoms with Crippen molar-refractivity contribution in [3.05, 3.63) is 77.1 Å². The van der Waals surface area contributed by atoms with Crippen LogP contribution in [0.4, 0.5) is 18.9 Å². The maximum atomic E-state index is 13.0. The van der Waals surface area contributed by atoms with E-state index >= 15 is 0 Å². The van der Waals surface area contributed by atoms with Crippen LogP contribution < -0.4 is 10.2 Å². The predicted molar refractivity (Wildman–Crippen MR) is 119 cm³/mol. The van der Waals surface area contributed by atoms with Gasteiger partial charge in [-0.05, 0) is 55.2 Å². The van der Waals surface area contributed by atoms with Crippen molar-refractivity contribution < 1.29 is 22.8 Å². The number of nitrogens with one attached hydrogen (secondary N) is 1. The SMILES string of the molecule is O=C(NCc1nn(-c2ccccc2)c2c1CCC2)C1CC(=O)N(c2cccc(C(F)(F)F)c2)C1. The number of halogens is 3. The molecule has 6 nitrogen and oxygen atoms in total. The monoisotopic (exact) mass is 468 g/mol. The minimum Gasteiger partial charge on any atom is -0.350 e. The van der Waals surface area contributed by atoms with Crippen LogP contribution in [0.3, 0.4) is 0 Å². The molecule has 5 rings (SSSR count). The van der Waals surface area contributed by atoms with E-state index in [2.05, 4.69) is 5.32 Å². The average molecular weight is 468 g/mol. The summed E-state index contributed by atoms with van der Waals surface area (Å²) in [5.41, 5.74) is 3.41. The Morgan fingerprint density at radius 3 is 2.59 bits per heavy atom. The number of fused-ring (bicyclic) bond motifs is 1. The molecule has 0 radical (unpaired) electrons. The normalized spacial score (nSPS) is 17.8. The maximum absolute atomic E-state index is 13.0. The van der Waals surface area contributed by atoms with Crippen LogP contribution in [0, 0.1) is 5.92 Å². The van der Waals surface area contributed by atoms with Crippen LogP contribution in [-0.4, -0.2) is 28.1 Å². The Morgan fingerprint density at radius 1 is 1.06 bits per heavy atom. The Morgan fingerprint density at radius 2 is 1.82 bits per heavy atom. The number of hydrogen-bond acceptors (Lipinski definition) is 3. The zero-order chi connectivity index (χ0) is 23.9. The van der Waals surface area contributed by atoms with Crippen LogP contribution in [0.2, 0.25) is 0 Å². The minimum atomic E-state index is -4.50. The molecular weight excluding hydrogens is 445 g/mol. The number of alkyl halides is 3. The summed E-state index contributed by atoms with van der Waals surface area (Å²) in [5, 5.41) is 7.62. The third-order valence-corrected chi connectivity index (χ3v) is 6.43. The zero-order valence-corrected chi connectivity index (χ0v) is 18.3. The zero-order valence-electron chi connectivity index (χ0n) is 18.3. The highest BCUT2D eigenvalue weighted by molar-refractivity contribution is 6.00. The summed E-state index contributed by atoms with van der Waals surface area (Å²) in [7, 11) is 0. The maximum Gasteiger partial charge on any atom is 0.416 e. The van der Waals surface area contributed by atoms with E-state index in [1.54, 1.807) is 0 Å². The number of benzene rings is 2. The average Bonchev–Trinajstić information content (AvgIpc) is 3.53. The topological polar surface area (TPSA) is 67.2 Å². The lowest BCUT2D eigenvalue weighted by Gasteiger charge is -2.18. The lowest BCUT2D eigenvalue weighted by molar-refractivity contribution is -0.137. The Kier molecular flexibility index (Phi) is 5.63. The minimum absolute atomic E-state index is 0.0430. The molecule has 3 aromatic rings. The third kappa shape index (κ3) is 4.18. The molecular formula is C25H23F3N4O2. The van der Waals surface area contributed by atoms with Gasteiger partial charge >= 0.3 is 6.18 Å². The van der Waals surface area contributed by atoms with Gasteiger partial charge in [-0.3, -0.25) is 9.59 Å². The molecule has 2 heterocycles. The molecule has 1 unspecified atom stereocenters. The highest BCUT2D eigenvalue weighted by Gasteiger charge is 2.37. The van der Waals surface area contributed by atoms with Crippen molar-refractivity contribution in [2.45, 2.75) is 38.4 Å². The summed E-state index contributed by atoms with van der Waals surface area (Å²) in [4.78, 5) is 26.6. The molecule has 176 valence electrons. The van der Waals surface area contributed by atoms with Crippen LogP contribution in [0.15, 0.2) is 54.6 Å². The predicted octanol–water partition coefficient (Wildman–Crippen LogP) is 4.05. The number of nitrogens with zero attached hydrogens (tertiary/aromatic N) is 3. The fraction of sp³-hybridized carbons (Fsp3) is 0.320. The second-order valence-electron chi connectivity index (χ2n) is 8.64. The van der Waals surface area contributed by atoms with E-state index in [1.165, 1.54) is 17.0 Å². The van der Waals surface area contributed by atoms with E-state index in [9.17, 15) is 22.8 Å². The lowest BCUT2D eigenvalue weighted by atomic mass is 10.1. The van der Waals surface area contributed by atoms with Crippen LogP contribution in [0.25, 0.3) is 5.69 Å². The summed E-state index contributed by atoms with van der Waals surface area (Å²) < 4.78 is 41.1. The summed E-state index contributed by atoms with van der Waals surface area (Å²) in [6.45, 7) is 0.289. The van der Waals surface area contributed by atoms with Crippen molar-refractivity contribution in [1.82, 2.24) is 15.1 Å². The molecule has 1 aromatic heterocycles. The molecule has 1 fully saturated rings. The van der Waals surface area contributed by atoms with Gasteiger partial charge in [0.15, 0.2) is 0 Å². The molecule has 9 heteroatoms. The molecule has 1 N–H and O–H groups in total. The number of rotatable bonds is 5. The molecule has 0 saturated carbocycles. The van der Waals surface area contributed by atoms with E-state index in [-0.39, 0.29) is 37.0 Å². The molecule has 1 atom stereocenters. The van der Waals surface area contributed by atoms with Gasteiger partial charge in [-0.15, -0.1) is 0 Å². The summed E-state index contributed by atoms with van der Waals surface area (Å²) in [5.74, 6) is -1.30. The van der Waals surface area contributed by atoms with Gasteiger partial charge in [0.05, 0.1) is 29.4 Å². The molecule has 34 heavy (non-hydrogen) atoms. The molecule has 0 spiro atoms. The number of hydrogen-bond donors (Lipinski definition) is 1. The summed E-state index contributed by atoms with van der Waals surface area (Å²) in [6.07, 6.45) is -1.69. The molecule has 1 aliphatic carbocycles. The summed E-state index contributed by atoms with van der Waals surface area (Å²) >= 11 is 0. The van der Waals surface area contributed by atoms with Gasteiger partial charge in [0.2, 0.25) is 11.8 Å². The van der Waals surface area contributed by atoms with Crippen LogP contribution in [0.1, 0.15) is 35.4 Å². The fourth-order valence-corrected chi connectivity index (χ4v) is 4.74. The molecule has 1 saturated heterocycles. The quantitative estimate of drug-likeness (QED) is 0.615. The van der Waals surface area contributed by atoms with E-state index in [0.717, 1.165) is 54.0 Å². The Hall–Kier alpha value is -3.62. The Bertz CT molecular complexity index is 1240. The highest BCUT2D eigenvalue weighted by Crippen LogP contribution is 2.33. The van der Waals surface area contributed by atoms with Crippen molar-refractivity contribution in [2.24, 2.45) is 5.92 Å². The Labute approximate surface area is 194 Å². The van der Waals surface area contributed by atoms with Crippen molar-refractivity contribution in [2.75, 3.05) is 11.4 Å².